The van der Waals surface area contributed by atoms with Crippen molar-refractivity contribution in [3.63, 3.8) is 0 Å². The third-order valence-corrected chi connectivity index (χ3v) is 4.12. The topological polar surface area (TPSA) is 105 Å². The summed E-state index contributed by atoms with van der Waals surface area (Å²) < 4.78 is 39.9. The summed E-state index contributed by atoms with van der Waals surface area (Å²) >= 11 is 0. The van der Waals surface area contributed by atoms with Crippen molar-refractivity contribution < 1.29 is 18.0 Å². The van der Waals surface area contributed by atoms with Gasteiger partial charge >= 0.3 is 6.18 Å². The Balaban J connectivity index is 1.63. The summed E-state index contributed by atoms with van der Waals surface area (Å²) in [7, 11) is 0. The molecule has 0 bridgehead atoms. The number of alkyl halides is 3. The lowest BCUT2D eigenvalue weighted by Crippen LogP contribution is -2.27. The lowest BCUT2D eigenvalue weighted by Gasteiger charge is -2.08. The second-order valence-corrected chi connectivity index (χ2v) is 5.89. The van der Waals surface area contributed by atoms with Crippen molar-refractivity contribution in [1.82, 2.24) is 30.1 Å². The number of amides is 1. The fourth-order valence-corrected chi connectivity index (χ4v) is 2.76. The molecule has 1 amide bonds. The number of halogens is 3. The largest absolute Gasteiger partial charge is 0.417 e. The van der Waals surface area contributed by atoms with Crippen molar-refractivity contribution in [2.75, 3.05) is 0 Å². The number of carbonyl (C=O) groups is 1. The molecule has 2 N–H and O–H groups in total. The lowest BCUT2D eigenvalue weighted by atomic mass is 10.1. The van der Waals surface area contributed by atoms with Crippen LogP contribution in [0.2, 0.25) is 0 Å². The van der Waals surface area contributed by atoms with E-state index in [2.05, 4.69) is 25.7 Å². The van der Waals surface area contributed by atoms with Gasteiger partial charge in [-0.3, -0.25) is 14.0 Å². The monoisotopic (exact) mass is 388 g/mol. The van der Waals surface area contributed by atoms with Gasteiger partial charge in [-0.25, -0.2) is 5.10 Å². The molecule has 4 rings (SSSR count). The van der Waals surface area contributed by atoms with Crippen molar-refractivity contribution in [1.29, 1.82) is 0 Å². The first kappa shape index (κ1) is 17.6. The van der Waals surface area contributed by atoms with Crippen LogP contribution in [0.5, 0.6) is 0 Å². The third kappa shape index (κ3) is 3.06. The van der Waals surface area contributed by atoms with E-state index in [1.165, 1.54) is 6.07 Å². The molecule has 142 valence electrons. The number of nitrogens with one attached hydrogen (secondary N) is 2. The molecule has 0 atom stereocenters. The zero-order chi connectivity index (χ0) is 19.9. The molecule has 0 saturated heterocycles. The minimum absolute atomic E-state index is 0.0139. The number of hydrogen-bond acceptors (Lipinski definition) is 5. The van der Waals surface area contributed by atoms with Crippen molar-refractivity contribution in [3.8, 4) is 0 Å². The standard InChI is InChI=1S/C17H11F3N6O2/c18-17(19,20)9-5-6-12-22-23-13(26(12)8-9)7-21-16(28)14-10-3-1-2-4-11(10)15(27)25-24-14/h1-6,8H,7H2,(H,21,28)(H,25,27). The van der Waals surface area contributed by atoms with Crippen LogP contribution in [0.25, 0.3) is 16.4 Å². The molecule has 0 aliphatic heterocycles. The number of aromatic amines is 1. The van der Waals surface area contributed by atoms with Crippen LogP contribution in [0.3, 0.4) is 0 Å². The molecule has 0 radical (unpaired) electrons. The molecule has 28 heavy (non-hydrogen) atoms. The average molecular weight is 388 g/mol. The highest BCUT2D eigenvalue weighted by molar-refractivity contribution is 6.04. The van der Waals surface area contributed by atoms with Crippen LogP contribution in [-0.2, 0) is 12.7 Å². The molecular formula is C17H11F3N6O2. The van der Waals surface area contributed by atoms with Gasteiger partial charge in [-0.15, -0.1) is 10.2 Å². The lowest BCUT2D eigenvalue weighted by molar-refractivity contribution is -0.137. The quantitative estimate of drug-likeness (QED) is 0.558. The number of rotatable bonds is 3. The van der Waals surface area contributed by atoms with Crippen LogP contribution in [0.4, 0.5) is 13.2 Å². The summed E-state index contributed by atoms with van der Waals surface area (Å²) in [6, 6.07) is 8.54. The molecule has 4 aromatic rings. The second-order valence-electron chi connectivity index (χ2n) is 5.89. The molecule has 0 spiro atoms. The fourth-order valence-electron chi connectivity index (χ4n) is 2.76. The van der Waals surface area contributed by atoms with E-state index in [-0.39, 0.29) is 23.7 Å². The van der Waals surface area contributed by atoms with Crippen molar-refractivity contribution in [2.45, 2.75) is 12.7 Å². The molecular weight excluding hydrogens is 377 g/mol. The predicted octanol–water partition coefficient (Wildman–Crippen LogP) is 1.91. The number of fused-ring (bicyclic) bond motifs is 2. The zero-order valence-electron chi connectivity index (χ0n) is 14.0. The maximum atomic E-state index is 12.9. The van der Waals surface area contributed by atoms with Crippen molar-refractivity contribution in [2.24, 2.45) is 0 Å². The van der Waals surface area contributed by atoms with E-state index < -0.39 is 23.2 Å². The molecule has 3 aromatic heterocycles. The van der Waals surface area contributed by atoms with Gasteiger partial charge in [0.25, 0.3) is 11.5 Å². The summed E-state index contributed by atoms with van der Waals surface area (Å²) in [5.74, 6) is -0.501. The van der Waals surface area contributed by atoms with Gasteiger partial charge in [-0.1, -0.05) is 18.2 Å². The summed E-state index contributed by atoms with van der Waals surface area (Å²) in [6.45, 7) is -0.184. The maximum Gasteiger partial charge on any atom is 0.417 e. The number of hydrogen-bond donors (Lipinski definition) is 2. The summed E-state index contributed by atoms with van der Waals surface area (Å²) in [5.41, 5.74) is -1.10. The molecule has 8 nitrogen and oxygen atoms in total. The van der Waals surface area contributed by atoms with Gasteiger partial charge in [0.2, 0.25) is 0 Å². The van der Waals surface area contributed by atoms with E-state index in [1.54, 1.807) is 24.3 Å². The van der Waals surface area contributed by atoms with Crippen LogP contribution >= 0.6 is 0 Å². The molecule has 11 heteroatoms. The number of carbonyl (C=O) groups excluding carboxylic acids is 1. The maximum absolute atomic E-state index is 12.9. The molecule has 0 fully saturated rings. The average Bonchev–Trinajstić information content (AvgIpc) is 3.08. The third-order valence-electron chi connectivity index (χ3n) is 4.12. The first-order valence-electron chi connectivity index (χ1n) is 8.01. The summed E-state index contributed by atoms with van der Waals surface area (Å²) in [4.78, 5) is 24.3. The number of aromatic nitrogens is 5. The number of nitrogens with zero attached hydrogens (tertiary/aromatic N) is 4. The Morgan fingerprint density at radius 3 is 2.61 bits per heavy atom. The summed E-state index contributed by atoms with van der Waals surface area (Å²) in [6.07, 6.45) is -3.65. The molecule has 0 aliphatic rings. The van der Waals surface area contributed by atoms with Gasteiger partial charge < -0.3 is 5.32 Å². The fraction of sp³-hybridized carbons (Fsp3) is 0.118. The first-order chi connectivity index (χ1) is 13.3. The number of benzene rings is 1. The Kier molecular flexibility index (Phi) is 4.06. The minimum atomic E-state index is -4.52. The Morgan fingerprint density at radius 1 is 1.11 bits per heavy atom. The molecule has 3 heterocycles. The second kappa shape index (κ2) is 6.44. The van der Waals surface area contributed by atoms with Gasteiger partial charge in [-0.2, -0.15) is 18.3 Å². The van der Waals surface area contributed by atoms with Crippen LogP contribution in [0, 0.1) is 0 Å². The highest BCUT2D eigenvalue weighted by Crippen LogP contribution is 2.29. The molecule has 1 aromatic carbocycles. The normalized spacial score (nSPS) is 11.8. The van der Waals surface area contributed by atoms with Gasteiger partial charge in [0.15, 0.2) is 17.2 Å². The Labute approximate surface area is 154 Å². The van der Waals surface area contributed by atoms with E-state index in [9.17, 15) is 22.8 Å². The minimum Gasteiger partial charge on any atom is -0.343 e. The highest BCUT2D eigenvalue weighted by atomic mass is 19.4. The Bertz CT molecular complexity index is 1260. The van der Waals surface area contributed by atoms with Crippen LogP contribution in [0.1, 0.15) is 21.9 Å². The van der Waals surface area contributed by atoms with E-state index in [4.69, 9.17) is 0 Å². The van der Waals surface area contributed by atoms with E-state index >= 15 is 0 Å². The smallest absolute Gasteiger partial charge is 0.343 e. The van der Waals surface area contributed by atoms with Gasteiger partial charge in [-0.05, 0) is 18.2 Å². The zero-order valence-corrected chi connectivity index (χ0v) is 14.0. The summed E-state index contributed by atoms with van der Waals surface area (Å²) in [5, 5.41) is 16.8. The van der Waals surface area contributed by atoms with Crippen molar-refractivity contribution >= 4 is 22.3 Å². The first-order valence-corrected chi connectivity index (χ1v) is 8.01. The SMILES string of the molecule is O=C(NCc1nnc2ccc(C(F)(F)F)cn12)c1n[nH]c(=O)c2ccccc12. The van der Waals surface area contributed by atoms with E-state index in [1.807, 2.05) is 0 Å². The van der Waals surface area contributed by atoms with Gasteiger partial charge in [0.1, 0.15) is 0 Å². The van der Waals surface area contributed by atoms with Gasteiger partial charge in [0.05, 0.1) is 17.5 Å². The van der Waals surface area contributed by atoms with Crippen LogP contribution in [-0.4, -0.2) is 30.7 Å². The molecule has 0 unspecified atom stereocenters. The Morgan fingerprint density at radius 2 is 1.86 bits per heavy atom. The predicted molar refractivity (Wildman–Crippen MR) is 91.5 cm³/mol. The van der Waals surface area contributed by atoms with Gasteiger partial charge in [0, 0.05) is 11.6 Å². The number of H-pyrrole nitrogens is 1. The Hall–Kier alpha value is -3.76. The van der Waals surface area contributed by atoms with Crippen molar-refractivity contribution in [3.05, 3.63) is 70.0 Å². The van der Waals surface area contributed by atoms with Crippen LogP contribution < -0.4 is 10.9 Å². The molecule has 0 saturated carbocycles. The molecule has 0 aliphatic carbocycles. The number of pyridine rings is 1. The van der Waals surface area contributed by atoms with Crippen LogP contribution in [0.15, 0.2) is 47.4 Å². The van der Waals surface area contributed by atoms with E-state index in [0.717, 1.165) is 16.7 Å². The van der Waals surface area contributed by atoms with E-state index in [0.29, 0.717) is 10.8 Å². The highest BCUT2D eigenvalue weighted by Gasteiger charge is 2.31.